The van der Waals surface area contributed by atoms with Gasteiger partial charge in [-0.1, -0.05) is 6.07 Å². The maximum absolute atomic E-state index is 13.6. The van der Waals surface area contributed by atoms with Gasteiger partial charge in [0.25, 0.3) is 0 Å². The van der Waals surface area contributed by atoms with E-state index in [0.717, 1.165) is 61.6 Å². The molecule has 1 heterocycles. The lowest BCUT2D eigenvalue weighted by molar-refractivity contribution is -0.00000493. The second-order valence-corrected chi connectivity index (χ2v) is 6.45. The molecule has 0 radical (unpaired) electrons. The van der Waals surface area contributed by atoms with Crippen LogP contribution in [0, 0.1) is 5.82 Å². The van der Waals surface area contributed by atoms with Crippen molar-refractivity contribution in [2.75, 3.05) is 18.4 Å². The summed E-state index contributed by atoms with van der Waals surface area (Å²) < 4.78 is 13.6. The van der Waals surface area contributed by atoms with E-state index in [4.69, 9.17) is 10.7 Å². The van der Waals surface area contributed by atoms with E-state index in [-0.39, 0.29) is 19.7 Å². The van der Waals surface area contributed by atoms with E-state index in [0.29, 0.717) is 0 Å². The number of rotatable bonds is 5. The van der Waals surface area contributed by atoms with Crippen molar-refractivity contribution in [3.8, 4) is 11.3 Å². The van der Waals surface area contributed by atoms with Crippen LogP contribution in [0.4, 0.5) is 9.52 Å². The summed E-state index contributed by atoms with van der Waals surface area (Å²) >= 11 is 1.70. The molecule has 0 saturated heterocycles. The third kappa shape index (κ3) is 3.77. The summed E-state index contributed by atoms with van der Waals surface area (Å²) in [7, 11) is 0. The number of aryl methyl sites for hydroxylation is 2. The van der Waals surface area contributed by atoms with Crippen LogP contribution in [0.1, 0.15) is 31.1 Å². The van der Waals surface area contributed by atoms with Gasteiger partial charge in [-0.25, -0.2) is 9.37 Å². The maximum atomic E-state index is 13.6. The van der Waals surface area contributed by atoms with Gasteiger partial charge in [-0.3, -0.25) is 0 Å². The minimum absolute atomic E-state index is 0. The highest BCUT2D eigenvalue weighted by molar-refractivity contribution is 7.16. The van der Waals surface area contributed by atoms with Crippen molar-refractivity contribution in [1.29, 1.82) is 0 Å². The van der Waals surface area contributed by atoms with E-state index in [9.17, 15) is 4.39 Å². The van der Waals surface area contributed by atoms with Crippen molar-refractivity contribution in [3.05, 3.63) is 34.5 Å². The highest BCUT2D eigenvalue weighted by Crippen LogP contribution is 2.37. The first-order valence-electron chi connectivity index (χ1n) is 7.50. The minimum atomic E-state index is -0.188. The van der Waals surface area contributed by atoms with Gasteiger partial charge in [0.1, 0.15) is 5.82 Å². The maximum Gasteiger partial charge on any atom is 1.00 e. The van der Waals surface area contributed by atoms with E-state index < -0.39 is 0 Å². The molecule has 3 N–H and O–H groups in total. The quantitative estimate of drug-likeness (QED) is 0.787. The fourth-order valence-electron chi connectivity index (χ4n) is 2.70. The molecular formula is C16H21ClFN3S. The number of hydrogen-bond donors (Lipinski definition) is 2. The second kappa shape index (κ2) is 7.90. The monoisotopic (exact) mass is 341 g/mol. The summed E-state index contributed by atoms with van der Waals surface area (Å²) in [5, 5.41) is 4.30. The van der Waals surface area contributed by atoms with Gasteiger partial charge in [0.05, 0.1) is 5.69 Å². The van der Waals surface area contributed by atoms with Crippen molar-refractivity contribution >= 4 is 16.5 Å². The van der Waals surface area contributed by atoms with Crippen LogP contribution in [-0.4, -0.2) is 18.1 Å². The standard InChI is InChI=1S/C16H20FN3S.ClH/c17-12-7-6-11-4-3-5-14-15(13(11)10-12)20-16(21-14)19-9-2-1-8-18;/h6-7,10H,1-5,8-9,18H2,(H,19,20);1H. The van der Waals surface area contributed by atoms with E-state index in [1.807, 2.05) is 6.07 Å². The fraction of sp³-hybridized carbons (Fsp3) is 0.438. The number of aromatic nitrogens is 1. The SMILES string of the molecule is NCCCCNc1nc2c(s1)CCCc1ccc(F)cc1-2.[Cl-].[H+]. The molecule has 120 valence electrons. The van der Waals surface area contributed by atoms with E-state index in [2.05, 4.69) is 5.32 Å². The zero-order valence-electron chi connectivity index (χ0n) is 13.4. The molecule has 3 rings (SSSR count). The molecule has 3 nitrogen and oxygen atoms in total. The summed E-state index contributed by atoms with van der Waals surface area (Å²) in [6.07, 6.45) is 5.18. The molecule has 1 aromatic heterocycles. The Labute approximate surface area is 142 Å². The Kier molecular flexibility index (Phi) is 6.17. The Balaban J connectivity index is 0.00000132. The van der Waals surface area contributed by atoms with Gasteiger partial charge in [-0.15, -0.1) is 11.3 Å². The molecule has 0 bridgehead atoms. The van der Waals surface area contributed by atoms with Crippen molar-refractivity contribution in [1.82, 2.24) is 4.98 Å². The molecule has 1 aromatic carbocycles. The van der Waals surface area contributed by atoms with Crippen molar-refractivity contribution in [3.63, 3.8) is 0 Å². The Bertz CT molecular complexity index is 636. The average Bonchev–Trinajstić information content (AvgIpc) is 2.81. The summed E-state index contributed by atoms with van der Waals surface area (Å²) in [5.74, 6) is -0.188. The second-order valence-electron chi connectivity index (χ2n) is 5.37. The zero-order valence-corrected chi connectivity index (χ0v) is 13.9. The fourth-order valence-corrected chi connectivity index (χ4v) is 3.74. The molecule has 0 spiro atoms. The molecule has 0 saturated carbocycles. The molecule has 22 heavy (non-hydrogen) atoms. The van der Waals surface area contributed by atoms with Crippen LogP contribution in [0.15, 0.2) is 18.2 Å². The van der Waals surface area contributed by atoms with E-state index >= 15 is 0 Å². The Morgan fingerprint density at radius 3 is 3.00 bits per heavy atom. The van der Waals surface area contributed by atoms with Gasteiger partial charge in [0.2, 0.25) is 0 Å². The van der Waals surface area contributed by atoms with E-state index in [1.165, 1.54) is 10.4 Å². The summed E-state index contributed by atoms with van der Waals surface area (Å²) in [4.78, 5) is 5.96. The lowest BCUT2D eigenvalue weighted by atomic mass is 10.0. The molecule has 1 aliphatic rings. The van der Waals surface area contributed by atoms with Crippen LogP contribution in [0.3, 0.4) is 0 Å². The van der Waals surface area contributed by atoms with Gasteiger partial charge in [-0.2, -0.15) is 0 Å². The smallest absolute Gasteiger partial charge is 1.00 e. The third-order valence-electron chi connectivity index (χ3n) is 3.78. The molecule has 6 heteroatoms. The molecular weight excluding hydrogens is 321 g/mol. The zero-order chi connectivity index (χ0) is 14.7. The van der Waals surface area contributed by atoms with Crippen molar-refractivity contribution in [2.24, 2.45) is 5.73 Å². The Morgan fingerprint density at radius 1 is 1.32 bits per heavy atom. The lowest BCUT2D eigenvalue weighted by Crippen LogP contribution is -3.00. The largest absolute Gasteiger partial charge is 1.00 e. The van der Waals surface area contributed by atoms with E-state index in [1.54, 1.807) is 23.5 Å². The molecule has 0 aliphatic heterocycles. The number of halogens is 2. The number of fused-ring (bicyclic) bond motifs is 3. The molecule has 2 aromatic rings. The molecule has 0 amide bonds. The predicted octanol–water partition coefficient (Wildman–Crippen LogP) is 0.705. The molecule has 0 atom stereocenters. The number of nitrogens with one attached hydrogen (secondary N) is 1. The number of anilines is 1. The lowest BCUT2D eigenvalue weighted by Gasteiger charge is -2.05. The van der Waals surface area contributed by atoms with Crippen molar-refractivity contribution in [2.45, 2.75) is 32.1 Å². The highest BCUT2D eigenvalue weighted by atomic mass is 35.5. The summed E-state index contributed by atoms with van der Waals surface area (Å²) in [6, 6.07) is 5.06. The predicted molar refractivity (Wildman–Crippen MR) is 87.4 cm³/mol. The minimum Gasteiger partial charge on any atom is -1.00 e. The number of thiazole rings is 1. The van der Waals surface area contributed by atoms with Crippen LogP contribution in [0.5, 0.6) is 0 Å². The first kappa shape index (κ1) is 17.2. The van der Waals surface area contributed by atoms with Crippen LogP contribution >= 0.6 is 11.3 Å². The Morgan fingerprint density at radius 2 is 2.18 bits per heavy atom. The topological polar surface area (TPSA) is 50.9 Å². The Hall–Kier alpha value is -1.17. The number of benzene rings is 1. The van der Waals surface area contributed by atoms with Gasteiger partial charge < -0.3 is 23.5 Å². The third-order valence-corrected chi connectivity index (χ3v) is 4.85. The first-order chi connectivity index (χ1) is 10.3. The van der Waals surface area contributed by atoms with Gasteiger partial charge in [0.15, 0.2) is 5.13 Å². The van der Waals surface area contributed by atoms with Gasteiger partial charge >= 0.3 is 1.43 Å². The van der Waals surface area contributed by atoms with Gasteiger partial charge in [0, 0.05) is 17.0 Å². The van der Waals surface area contributed by atoms with Crippen molar-refractivity contribution < 1.29 is 18.2 Å². The normalized spacial score (nSPS) is 12.8. The molecule has 1 aliphatic carbocycles. The highest BCUT2D eigenvalue weighted by Gasteiger charge is 2.19. The van der Waals surface area contributed by atoms with Crippen LogP contribution in [0.25, 0.3) is 11.3 Å². The average molecular weight is 342 g/mol. The van der Waals surface area contributed by atoms with Gasteiger partial charge in [-0.05, 0) is 56.3 Å². The molecule has 0 unspecified atom stereocenters. The summed E-state index contributed by atoms with van der Waals surface area (Å²) in [6.45, 7) is 1.61. The number of unbranched alkanes of at least 4 members (excludes halogenated alkanes) is 1. The van der Waals surface area contributed by atoms with Crippen LogP contribution in [0.2, 0.25) is 0 Å². The summed E-state index contributed by atoms with van der Waals surface area (Å²) in [5.41, 5.74) is 8.63. The number of hydrogen-bond acceptors (Lipinski definition) is 4. The molecule has 0 fully saturated rings. The van der Waals surface area contributed by atoms with Crippen LogP contribution < -0.4 is 23.5 Å². The van der Waals surface area contributed by atoms with Crippen LogP contribution in [-0.2, 0) is 12.8 Å². The first-order valence-corrected chi connectivity index (χ1v) is 8.32. The number of nitrogens with two attached hydrogens (primary N) is 1. The number of nitrogens with zero attached hydrogens (tertiary/aromatic N) is 1.